The monoisotopic (exact) mass is 391 g/mol. The van der Waals surface area contributed by atoms with Crippen LogP contribution in [0.25, 0.3) is 22.2 Å². The van der Waals surface area contributed by atoms with Crippen molar-refractivity contribution in [2.24, 2.45) is 0 Å². The Labute approximate surface area is 155 Å². The summed E-state index contributed by atoms with van der Waals surface area (Å²) in [6.45, 7) is 2.19. The number of hydrogen-bond donors (Lipinski definition) is 0. The SMILES string of the molecule is Cc1cc(Cn2cc(-c3ccnc4c3ccn4OC(=O)C(F)(F)F)cn2)no1. The smallest absolute Gasteiger partial charge is 0.361 e. The average molecular weight is 391 g/mol. The third kappa shape index (κ3) is 3.33. The minimum atomic E-state index is -5.10. The van der Waals surface area contributed by atoms with Crippen LogP contribution >= 0.6 is 0 Å². The van der Waals surface area contributed by atoms with E-state index in [1.807, 2.05) is 0 Å². The van der Waals surface area contributed by atoms with Gasteiger partial charge in [-0.3, -0.25) is 4.68 Å². The number of carbonyl (C=O) groups excluding carboxylic acids is 1. The predicted molar refractivity (Wildman–Crippen MR) is 88.9 cm³/mol. The molecule has 8 nitrogen and oxygen atoms in total. The lowest BCUT2D eigenvalue weighted by molar-refractivity contribution is -0.199. The van der Waals surface area contributed by atoms with Gasteiger partial charge in [0.05, 0.1) is 12.7 Å². The van der Waals surface area contributed by atoms with Crippen LogP contribution in [0.3, 0.4) is 0 Å². The molecule has 0 aromatic carbocycles. The van der Waals surface area contributed by atoms with Gasteiger partial charge in [-0.05, 0) is 24.6 Å². The second-order valence-electron chi connectivity index (χ2n) is 5.97. The van der Waals surface area contributed by atoms with Gasteiger partial charge < -0.3 is 9.36 Å². The van der Waals surface area contributed by atoms with Crippen LogP contribution in [0.15, 0.2) is 47.5 Å². The molecule has 0 aliphatic rings. The van der Waals surface area contributed by atoms with Crippen LogP contribution in [0, 0.1) is 6.92 Å². The fourth-order valence-corrected chi connectivity index (χ4v) is 2.73. The summed E-state index contributed by atoms with van der Waals surface area (Å²) in [5.74, 6) is -1.64. The molecule has 4 aromatic rings. The standard InChI is InChI=1S/C17H12F3N5O3/c1-10-6-12(23-27-10)9-24-8-11(7-22-24)13-2-4-21-15-14(13)3-5-25(15)28-16(26)17(18,19)20/h2-8H,9H2,1H3. The molecule has 0 unspecified atom stereocenters. The third-order valence-electron chi connectivity index (χ3n) is 3.91. The molecule has 0 fully saturated rings. The van der Waals surface area contributed by atoms with Crippen molar-refractivity contribution in [2.75, 3.05) is 0 Å². The molecule has 0 saturated heterocycles. The molecule has 144 valence electrons. The van der Waals surface area contributed by atoms with Crippen molar-refractivity contribution in [2.45, 2.75) is 19.6 Å². The molecule has 28 heavy (non-hydrogen) atoms. The lowest BCUT2D eigenvalue weighted by atomic mass is 10.1. The second kappa shape index (κ2) is 6.51. The lowest BCUT2D eigenvalue weighted by Gasteiger charge is -2.08. The zero-order valence-electron chi connectivity index (χ0n) is 14.3. The van der Waals surface area contributed by atoms with Gasteiger partial charge in [0.2, 0.25) is 0 Å². The Morgan fingerprint density at radius 2 is 2.14 bits per heavy atom. The van der Waals surface area contributed by atoms with E-state index in [-0.39, 0.29) is 5.65 Å². The number of aromatic nitrogens is 5. The number of halogens is 3. The molecule has 4 rings (SSSR count). The molecule has 11 heteroatoms. The van der Waals surface area contributed by atoms with E-state index in [1.54, 1.807) is 36.1 Å². The summed E-state index contributed by atoms with van der Waals surface area (Å²) < 4.78 is 44.7. The van der Waals surface area contributed by atoms with E-state index in [4.69, 9.17) is 4.52 Å². The van der Waals surface area contributed by atoms with Crippen molar-refractivity contribution in [3.8, 4) is 11.1 Å². The number of carbonyl (C=O) groups is 1. The number of pyridine rings is 1. The molecule has 0 aliphatic carbocycles. The van der Waals surface area contributed by atoms with Crippen LogP contribution in [0.4, 0.5) is 13.2 Å². The predicted octanol–water partition coefficient (Wildman–Crippen LogP) is 2.76. The molecule has 0 saturated carbocycles. The minimum Gasteiger partial charge on any atom is -0.361 e. The van der Waals surface area contributed by atoms with Gasteiger partial charge in [-0.15, -0.1) is 0 Å². The highest BCUT2D eigenvalue weighted by Crippen LogP contribution is 2.28. The Kier molecular flexibility index (Phi) is 4.13. The van der Waals surface area contributed by atoms with E-state index in [0.29, 0.717) is 39.2 Å². The number of rotatable bonds is 4. The summed E-state index contributed by atoms with van der Waals surface area (Å²) >= 11 is 0. The van der Waals surface area contributed by atoms with Gasteiger partial charge in [0.25, 0.3) is 0 Å². The molecule has 0 aliphatic heterocycles. The lowest BCUT2D eigenvalue weighted by Crippen LogP contribution is -2.33. The first-order valence-corrected chi connectivity index (χ1v) is 8.02. The largest absolute Gasteiger partial charge is 0.493 e. The Balaban J connectivity index is 1.64. The van der Waals surface area contributed by atoms with Crippen molar-refractivity contribution in [3.63, 3.8) is 0 Å². The number of nitrogens with zero attached hydrogens (tertiary/aromatic N) is 5. The van der Waals surface area contributed by atoms with E-state index >= 15 is 0 Å². The maximum atomic E-state index is 12.4. The average Bonchev–Trinajstić information content (AvgIpc) is 3.35. The Morgan fingerprint density at radius 3 is 2.86 bits per heavy atom. The van der Waals surface area contributed by atoms with E-state index in [1.165, 1.54) is 18.5 Å². The zero-order chi connectivity index (χ0) is 19.9. The zero-order valence-corrected chi connectivity index (χ0v) is 14.3. The summed E-state index contributed by atoms with van der Waals surface area (Å²) in [5.41, 5.74) is 2.18. The maximum absolute atomic E-state index is 12.4. The molecule has 4 heterocycles. The highest BCUT2D eigenvalue weighted by Gasteiger charge is 2.42. The first-order valence-electron chi connectivity index (χ1n) is 8.02. The molecule has 0 bridgehead atoms. The molecular formula is C17H12F3N5O3. The van der Waals surface area contributed by atoms with Crippen LogP contribution < -0.4 is 4.84 Å². The van der Waals surface area contributed by atoms with Crippen molar-refractivity contribution in [3.05, 3.63) is 54.4 Å². The van der Waals surface area contributed by atoms with E-state index in [0.717, 1.165) is 0 Å². The number of aryl methyl sites for hydroxylation is 1. The van der Waals surface area contributed by atoms with Crippen LogP contribution in [0.5, 0.6) is 0 Å². The van der Waals surface area contributed by atoms with E-state index < -0.39 is 12.1 Å². The second-order valence-corrected chi connectivity index (χ2v) is 5.97. The van der Waals surface area contributed by atoms with Gasteiger partial charge in [0.1, 0.15) is 11.5 Å². The van der Waals surface area contributed by atoms with Crippen molar-refractivity contribution < 1.29 is 27.3 Å². The quantitative estimate of drug-likeness (QED) is 0.532. The Bertz CT molecular complexity index is 1160. The van der Waals surface area contributed by atoms with Crippen molar-refractivity contribution >= 4 is 17.0 Å². The molecule has 0 radical (unpaired) electrons. The van der Waals surface area contributed by atoms with E-state index in [9.17, 15) is 18.0 Å². The molecule has 0 N–H and O–H groups in total. The third-order valence-corrected chi connectivity index (χ3v) is 3.91. The van der Waals surface area contributed by atoms with Gasteiger partial charge in [-0.2, -0.15) is 23.0 Å². The fourth-order valence-electron chi connectivity index (χ4n) is 2.73. The summed E-state index contributed by atoms with van der Waals surface area (Å²) in [4.78, 5) is 19.5. The maximum Gasteiger partial charge on any atom is 0.493 e. The highest BCUT2D eigenvalue weighted by molar-refractivity contribution is 5.93. The van der Waals surface area contributed by atoms with Gasteiger partial charge in [0, 0.05) is 35.6 Å². The summed E-state index contributed by atoms with van der Waals surface area (Å²) in [6, 6.07) is 5.00. The van der Waals surface area contributed by atoms with Crippen molar-refractivity contribution in [1.82, 2.24) is 24.7 Å². The van der Waals surface area contributed by atoms with Gasteiger partial charge in [-0.1, -0.05) is 5.16 Å². The van der Waals surface area contributed by atoms with Crippen LogP contribution in [-0.4, -0.2) is 36.8 Å². The highest BCUT2D eigenvalue weighted by atomic mass is 19.4. The Morgan fingerprint density at radius 1 is 1.32 bits per heavy atom. The van der Waals surface area contributed by atoms with Gasteiger partial charge in [-0.25, -0.2) is 9.78 Å². The molecule has 4 aromatic heterocycles. The first kappa shape index (κ1) is 17.8. The fraction of sp³-hybridized carbons (Fsp3) is 0.176. The summed E-state index contributed by atoms with van der Waals surface area (Å²) in [7, 11) is 0. The summed E-state index contributed by atoms with van der Waals surface area (Å²) in [5, 5.41) is 8.68. The normalized spacial score (nSPS) is 11.9. The number of alkyl halides is 3. The molecule has 0 amide bonds. The number of fused-ring (bicyclic) bond motifs is 1. The minimum absolute atomic E-state index is 0.0787. The molecule has 0 atom stereocenters. The van der Waals surface area contributed by atoms with Crippen molar-refractivity contribution in [1.29, 1.82) is 0 Å². The molecule has 0 spiro atoms. The first-order chi connectivity index (χ1) is 13.3. The number of hydrogen-bond acceptors (Lipinski definition) is 6. The topological polar surface area (TPSA) is 88.0 Å². The summed E-state index contributed by atoms with van der Waals surface area (Å²) in [6.07, 6.45) is 0.884. The van der Waals surface area contributed by atoms with Gasteiger partial charge in [0.15, 0.2) is 5.65 Å². The van der Waals surface area contributed by atoms with E-state index in [2.05, 4.69) is 20.1 Å². The molecular weight excluding hydrogens is 379 g/mol. The van der Waals surface area contributed by atoms with Crippen LogP contribution in [-0.2, 0) is 11.3 Å². The van der Waals surface area contributed by atoms with Crippen LogP contribution in [0.1, 0.15) is 11.5 Å². The van der Waals surface area contributed by atoms with Gasteiger partial charge >= 0.3 is 12.1 Å². The Hall–Kier alpha value is -3.63. The van der Waals surface area contributed by atoms with Crippen LogP contribution in [0.2, 0.25) is 0 Å².